The lowest BCUT2D eigenvalue weighted by Crippen LogP contribution is -2.39. The lowest BCUT2D eigenvalue weighted by molar-refractivity contribution is 0.0670. The van der Waals surface area contributed by atoms with Crippen molar-refractivity contribution in [3.63, 3.8) is 0 Å². The third kappa shape index (κ3) is 4.30. The topological polar surface area (TPSA) is 53.4 Å². The van der Waals surface area contributed by atoms with Crippen LogP contribution in [0.1, 0.15) is 48.5 Å². The van der Waals surface area contributed by atoms with E-state index in [0.717, 1.165) is 31.5 Å². The summed E-state index contributed by atoms with van der Waals surface area (Å²) in [6.07, 6.45) is 7.09. The lowest BCUT2D eigenvalue weighted by Gasteiger charge is -2.32. The van der Waals surface area contributed by atoms with Crippen molar-refractivity contribution in [3.8, 4) is 11.8 Å². The smallest absolute Gasteiger partial charge is 0.255 e. The van der Waals surface area contributed by atoms with E-state index >= 15 is 0 Å². The number of amides is 1. The van der Waals surface area contributed by atoms with Crippen molar-refractivity contribution in [2.45, 2.75) is 32.6 Å². The molecule has 4 nitrogen and oxygen atoms in total. The summed E-state index contributed by atoms with van der Waals surface area (Å²) < 4.78 is 0. The maximum Gasteiger partial charge on any atom is 0.255 e. The first-order valence-electron chi connectivity index (χ1n) is 7.58. The maximum atomic E-state index is 12.5. The number of nitrogens with zero attached hydrogens (tertiary/aromatic N) is 2. The summed E-state index contributed by atoms with van der Waals surface area (Å²) in [6, 6.07) is 1.79. The van der Waals surface area contributed by atoms with Gasteiger partial charge in [0, 0.05) is 37.5 Å². The monoisotopic (exact) mass is 286 g/mol. The summed E-state index contributed by atoms with van der Waals surface area (Å²) in [5.41, 5.74) is 1.32. The van der Waals surface area contributed by atoms with Gasteiger partial charge in [0.15, 0.2) is 0 Å². The van der Waals surface area contributed by atoms with Crippen molar-refractivity contribution in [1.82, 2.24) is 9.88 Å². The fourth-order valence-electron chi connectivity index (χ4n) is 2.61. The Morgan fingerprint density at radius 1 is 1.52 bits per heavy atom. The first-order chi connectivity index (χ1) is 10.2. The van der Waals surface area contributed by atoms with E-state index in [0.29, 0.717) is 17.9 Å². The molecule has 2 rings (SSSR count). The van der Waals surface area contributed by atoms with Gasteiger partial charge in [0.2, 0.25) is 0 Å². The third-order valence-corrected chi connectivity index (χ3v) is 3.84. The predicted molar refractivity (Wildman–Crippen MR) is 81.7 cm³/mol. The SMILES string of the molecule is CCC1CCCN(C(=O)c2cncc(C#CCCO)c2)C1. The van der Waals surface area contributed by atoms with Gasteiger partial charge in [-0.3, -0.25) is 9.78 Å². The highest BCUT2D eigenvalue weighted by Gasteiger charge is 2.23. The molecule has 0 bridgehead atoms. The Morgan fingerprint density at radius 3 is 3.14 bits per heavy atom. The molecule has 1 amide bonds. The average Bonchev–Trinajstić information content (AvgIpc) is 2.55. The summed E-state index contributed by atoms with van der Waals surface area (Å²) in [7, 11) is 0. The molecule has 0 aromatic carbocycles. The Morgan fingerprint density at radius 2 is 2.38 bits per heavy atom. The van der Waals surface area contributed by atoms with E-state index in [4.69, 9.17) is 5.11 Å². The van der Waals surface area contributed by atoms with Gasteiger partial charge in [-0.1, -0.05) is 25.2 Å². The van der Waals surface area contributed by atoms with Gasteiger partial charge in [-0.05, 0) is 24.8 Å². The summed E-state index contributed by atoms with van der Waals surface area (Å²) >= 11 is 0. The number of aliphatic hydroxyl groups excluding tert-OH is 1. The number of carbonyl (C=O) groups is 1. The third-order valence-electron chi connectivity index (χ3n) is 3.84. The molecule has 1 aromatic rings. The van der Waals surface area contributed by atoms with Crippen LogP contribution in [0.3, 0.4) is 0 Å². The molecule has 1 aliphatic rings. The maximum absolute atomic E-state index is 12.5. The first kappa shape index (κ1) is 15.5. The molecule has 1 N–H and O–H groups in total. The number of hydrogen-bond acceptors (Lipinski definition) is 3. The highest BCUT2D eigenvalue weighted by molar-refractivity contribution is 5.94. The van der Waals surface area contributed by atoms with E-state index in [2.05, 4.69) is 23.7 Å². The fraction of sp³-hybridized carbons (Fsp3) is 0.529. The number of piperidine rings is 1. The molecule has 1 aliphatic heterocycles. The first-order valence-corrected chi connectivity index (χ1v) is 7.58. The fourth-order valence-corrected chi connectivity index (χ4v) is 2.61. The van der Waals surface area contributed by atoms with E-state index in [1.807, 2.05) is 4.90 Å². The van der Waals surface area contributed by atoms with Crippen LogP contribution in [-0.4, -0.2) is 40.6 Å². The van der Waals surface area contributed by atoms with E-state index in [9.17, 15) is 4.79 Å². The number of carbonyl (C=O) groups excluding carboxylic acids is 1. The quantitative estimate of drug-likeness (QED) is 0.866. The van der Waals surface area contributed by atoms with Gasteiger partial charge in [-0.25, -0.2) is 0 Å². The van der Waals surface area contributed by atoms with E-state index in [1.54, 1.807) is 18.5 Å². The van der Waals surface area contributed by atoms with Crippen LogP contribution in [-0.2, 0) is 0 Å². The summed E-state index contributed by atoms with van der Waals surface area (Å²) in [5, 5.41) is 8.73. The van der Waals surface area contributed by atoms with Gasteiger partial charge >= 0.3 is 0 Å². The van der Waals surface area contributed by atoms with Crippen LogP contribution in [0.5, 0.6) is 0 Å². The van der Waals surface area contributed by atoms with Crippen LogP contribution in [0.25, 0.3) is 0 Å². The normalized spacial score (nSPS) is 18.0. The number of aromatic nitrogens is 1. The van der Waals surface area contributed by atoms with Crippen molar-refractivity contribution in [2.24, 2.45) is 5.92 Å². The number of pyridine rings is 1. The van der Waals surface area contributed by atoms with Crippen molar-refractivity contribution >= 4 is 5.91 Å². The van der Waals surface area contributed by atoms with Gasteiger partial charge < -0.3 is 10.0 Å². The number of likely N-dealkylation sites (tertiary alicyclic amines) is 1. The van der Waals surface area contributed by atoms with Crippen LogP contribution in [0.2, 0.25) is 0 Å². The van der Waals surface area contributed by atoms with E-state index in [1.165, 1.54) is 6.42 Å². The zero-order valence-corrected chi connectivity index (χ0v) is 12.5. The van der Waals surface area contributed by atoms with Gasteiger partial charge in [-0.15, -0.1) is 0 Å². The molecule has 1 fully saturated rings. The van der Waals surface area contributed by atoms with Crippen molar-refractivity contribution in [3.05, 3.63) is 29.6 Å². The lowest BCUT2D eigenvalue weighted by atomic mass is 9.95. The Kier molecular flexibility index (Phi) is 5.77. The minimum atomic E-state index is 0.0469. The number of rotatable bonds is 3. The highest BCUT2D eigenvalue weighted by atomic mass is 16.2. The molecule has 0 saturated carbocycles. The second kappa shape index (κ2) is 7.80. The zero-order chi connectivity index (χ0) is 15.1. The standard InChI is InChI=1S/C17H22N2O2/c1-2-14-7-5-8-19(13-14)17(21)16-10-15(11-18-12-16)6-3-4-9-20/h10-12,14,20H,2,4-5,7-9,13H2,1H3. The Hall–Kier alpha value is -1.86. The second-order valence-corrected chi connectivity index (χ2v) is 5.41. The zero-order valence-electron chi connectivity index (χ0n) is 12.5. The van der Waals surface area contributed by atoms with Crippen LogP contribution in [0, 0.1) is 17.8 Å². The van der Waals surface area contributed by atoms with E-state index in [-0.39, 0.29) is 12.5 Å². The summed E-state index contributed by atoms with van der Waals surface area (Å²) in [4.78, 5) is 18.6. The Bertz CT molecular complexity index is 545. The minimum Gasteiger partial charge on any atom is -0.395 e. The molecule has 1 saturated heterocycles. The molecule has 2 heterocycles. The predicted octanol–water partition coefficient (Wildman–Crippen LogP) is 2.08. The van der Waals surface area contributed by atoms with Crippen LogP contribution in [0.4, 0.5) is 0 Å². The van der Waals surface area contributed by atoms with Gasteiger partial charge in [0.25, 0.3) is 5.91 Å². The van der Waals surface area contributed by atoms with Crippen molar-refractivity contribution in [2.75, 3.05) is 19.7 Å². The largest absolute Gasteiger partial charge is 0.395 e. The molecule has 112 valence electrons. The molecule has 0 radical (unpaired) electrons. The Balaban J connectivity index is 2.09. The van der Waals surface area contributed by atoms with Gasteiger partial charge in [0.05, 0.1) is 12.2 Å². The van der Waals surface area contributed by atoms with Gasteiger partial charge in [-0.2, -0.15) is 0 Å². The minimum absolute atomic E-state index is 0.0469. The number of aliphatic hydroxyl groups is 1. The van der Waals surface area contributed by atoms with Crippen LogP contribution >= 0.6 is 0 Å². The molecule has 1 atom stereocenters. The molecule has 1 aromatic heterocycles. The molecule has 0 aliphatic carbocycles. The second-order valence-electron chi connectivity index (χ2n) is 5.41. The van der Waals surface area contributed by atoms with Gasteiger partial charge in [0.1, 0.15) is 0 Å². The number of hydrogen-bond donors (Lipinski definition) is 1. The molecular formula is C17H22N2O2. The molecule has 1 unspecified atom stereocenters. The molecule has 21 heavy (non-hydrogen) atoms. The highest BCUT2D eigenvalue weighted by Crippen LogP contribution is 2.20. The molecular weight excluding hydrogens is 264 g/mol. The summed E-state index contributed by atoms with van der Waals surface area (Å²) in [6.45, 7) is 3.90. The molecule has 4 heteroatoms. The van der Waals surface area contributed by atoms with Crippen molar-refractivity contribution in [1.29, 1.82) is 0 Å². The molecule has 0 spiro atoms. The summed E-state index contributed by atoms with van der Waals surface area (Å²) in [5.74, 6) is 6.43. The van der Waals surface area contributed by atoms with Crippen LogP contribution < -0.4 is 0 Å². The van der Waals surface area contributed by atoms with Crippen molar-refractivity contribution < 1.29 is 9.90 Å². The van der Waals surface area contributed by atoms with E-state index < -0.39 is 0 Å². The Labute approximate surface area is 126 Å². The van der Waals surface area contributed by atoms with Crippen LogP contribution in [0.15, 0.2) is 18.5 Å². The average molecular weight is 286 g/mol.